The molecule has 0 aromatic heterocycles. The number of benzene rings is 1. The maximum Gasteiger partial charge on any atom is 0.133 e. The number of phenols is 1. The van der Waals surface area contributed by atoms with Crippen molar-refractivity contribution in [2.75, 3.05) is 5.75 Å². The smallest absolute Gasteiger partial charge is 0.133 e. The van der Waals surface area contributed by atoms with Crippen LogP contribution in [0.15, 0.2) is 24.3 Å². The molecule has 0 unspecified atom stereocenters. The lowest BCUT2D eigenvalue weighted by atomic mass is 10.1. The molecule has 0 saturated heterocycles. The highest BCUT2D eigenvalue weighted by Gasteiger charge is 1.94. The average Bonchev–Trinajstić information content (AvgIpc) is 2.13. The lowest BCUT2D eigenvalue weighted by Gasteiger charge is -1.99. The van der Waals surface area contributed by atoms with Crippen molar-refractivity contribution < 1.29 is 5.11 Å². The Balaban J connectivity index is 2.33. The van der Waals surface area contributed by atoms with Gasteiger partial charge in [-0.25, -0.2) is 0 Å². The Bertz CT molecular complexity index is 306. The number of phenolic OH excluding ortho intramolecular Hbond substituents is 1. The van der Waals surface area contributed by atoms with E-state index in [9.17, 15) is 0 Å². The topological polar surface area (TPSA) is 44.0 Å². The molecule has 3 heteroatoms. The lowest BCUT2D eigenvalue weighted by molar-refractivity contribution is 0.474. The number of nitriles is 1. The highest BCUT2D eigenvalue weighted by atomic mass is 32.2. The molecule has 0 fully saturated rings. The van der Waals surface area contributed by atoms with E-state index in [0.29, 0.717) is 5.75 Å². The standard InChI is InChI=1S/C10H11NOS/c11-8-13-6-2-4-9-3-1-5-10(12)7-9/h1,3,5,7,12H,2,4,6H2. The SMILES string of the molecule is N#CSCCCc1cccc(O)c1. The van der Waals surface area contributed by atoms with Crippen LogP contribution in [0, 0.1) is 10.7 Å². The van der Waals surface area contributed by atoms with Crippen LogP contribution in [0.25, 0.3) is 0 Å². The van der Waals surface area contributed by atoms with E-state index in [-0.39, 0.29) is 0 Å². The van der Waals surface area contributed by atoms with Gasteiger partial charge in [-0.15, -0.1) is 0 Å². The Morgan fingerprint density at radius 2 is 2.31 bits per heavy atom. The normalized spacial score (nSPS) is 9.46. The highest BCUT2D eigenvalue weighted by molar-refractivity contribution is 8.03. The Kier molecular flexibility index (Phi) is 4.20. The summed E-state index contributed by atoms with van der Waals surface area (Å²) in [5.74, 6) is 1.16. The molecule has 13 heavy (non-hydrogen) atoms. The molecular formula is C10H11NOS. The number of thiocyanates is 1. The number of aromatic hydroxyl groups is 1. The van der Waals surface area contributed by atoms with Crippen LogP contribution in [0.4, 0.5) is 0 Å². The fourth-order valence-electron chi connectivity index (χ4n) is 1.11. The van der Waals surface area contributed by atoms with E-state index in [0.717, 1.165) is 24.2 Å². The first-order valence-corrected chi connectivity index (χ1v) is 5.10. The molecule has 68 valence electrons. The van der Waals surface area contributed by atoms with Crippen molar-refractivity contribution >= 4 is 11.8 Å². The first-order chi connectivity index (χ1) is 6.33. The summed E-state index contributed by atoms with van der Waals surface area (Å²) >= 11 is 1.27. The van der Waals surface area contributed by atoms with E-state index in [1.807, 2.05) is 17.5 Å². The van der Waals surface area contributed by atoms with Gasteiger partial charge in [-0.05, 0) is 42.3 Å². The van der Waals surface area contributed by atoms with Crippen LogP contribution in [0.3, 0.4) is 0 Å². The van der Waals surface area contributed by atoms with Crippen molar-refractivity contribution in [1.82, 2.24) is 0 Å². The zero-order chi connectivity index (χ0) is 9.52. The van der Waals surface area contributed by atoms with E-state index < -0.39 is 0 Å². The van der Waals surface area contributed by atoms with E-state index in [4.69, 9.17) is 10.4 Å². The van der Waals surface area contributed by atoms with Crippen LogP contribution in [0.5, 0.6) is 5.75 Å². The highest BCUT2D eigenvalue weighted by Crippen LogP contribution is 2.13. The summed E-state index contributed by atoms with van der Waals surface area (Å²) in [6, 6.07) is 7.24. The quantitative estimate of drug-likeness (QED) is 0.590. The summed E-state index contributed by atoms with van der Waals surface area (Å²) in [4.78, 5) is 0. The number of thioether (sulfide) groups is 1. The van der Waals surface area contributed by atoms with E-state index in [1.165, 1.54) is 11.8 Å². The van der Waals surface area contributed by atoms with Crippen molar-refractivity contribution in [2.24, 2.45) is 0 Å². The fourth-order valence-corrected chi connectivity index (χ4v) is 1.49. The van der Waals surface area contributed by atoms with E-state index >= 15 is 0 Å². The summed E-state index contributed by atoms with van der Waals surface area (Å²) in [6.45, 7) is 0. The minimum Gasteiger partial charge on any atom is -0.508 e. The van der Waals surface area contributed by atoms with Gasteiger partial charge in [-0.1, -0.05) is 12.1 Å². The Morgan fingerprint density at radius 1 is 1.46 bits per heavy atom. The molecule has 1 rings (SSSR count). The molecular weight excluding hydrogens is 182 g/mol. The van der Waals surface area contributed by atoms with Gasteiger partial charge in [0.25, 0.3) is 0 Å². The van der Waals surface area contributed by atoms with Gasteiger partial charge in [0.2, 0.25) is 0 Å². The third-order valence-corrected chi connectivity index (χ3v) is 2.31. The molecule has 2 nitrogen and oxygen atoms in total. The maximum absolute atomic E-state index is 9.16. The molecule has 0 aliphatic carbocycles. The van der Waals surface area contributed by atoms with Crippen molar-refractivity contribution in [3.8, 4) is 11.2 Å². The molecule has 0 aliphatic rings. The molecule has 0 saturated carbocycles. The van der Waals surface area contributed by atoms with Gasteiger partial charge in [-0.2, -0.15) is 5.26 Å². The predicted molar refractivity (Wildman–Crippen MR) is 54.5 cm³/mol. The second kappa shape index (κ2) is 5.50. The van der Waals surface area contributed by atoms with Crippen LogP contribution in [0.1, 0.15) is 12.0 Å². The molecule has 1 aromatic carbocycles. The predicted octanol–water partition coefficient (Wildman–Crippen LogP) is 2.54. The third kappa shape index (κ3) is 3.86. The number of hydrogen-bond acceptors (Lipinski definition) is 3. The van der Waals surface area contributed by atoms with Gasteiger partial charge in [-0.3, -0.25) is 0 Å². The van der Waals surface area contributed by atoms with E-state index in [1.54, 1.807) is 12.1 Å². The van der Waals surface area contributed by atoms with Crippen LogP contribution in [0.2, 0.25) is 0 Å². The first-order valence-electron chi connectivity index (χ1n) is 4.11. The third-order valence-electron chi connectivity index (χ3n) is 1.69. The summed E-state index contributed by atoms with van der Waals surface area (Å²) in [7, 11) is 0. The Hall–Kier alpha value is -1.14. The van der Waals surface area contributed by atoms with Gasteiger partial charge in [0.1, 0.15) is 11.2 Å². The molecule has 0 amide bonds. The van der Waals surface area contributed by atoms with Gasteiger partial charge in [0.05, 0.1) is 0 Å². The maximum atomic E-state index is 9.16. The summed E-state index contributed by atoms with van der Waals surface area (Å²) in [5, 5.41) is 19.5. The molecule has 0 bridgehead atoms. The van der Waals surface area contributed by atoms with Gasteiger partial charge >= 0.3 is 0 Å². The molecule has 0 spiro atoms. The number of rotatable bonds is 4. The second-order valence-corrected chi connectivity index (χ2v) is 3.59. The number of aryl methyl sites for hydroxylation is 1. The zero-order valence-corrected chi connectivity index (χ0v) is 8.05. The molecule has 0 heterocycles. The fraction of sp³-hybridized carbons (Fsp3) is 0.300. The Labute approximate surface area is 82.2 Å². The Morgan fingerprint density at radius 3 is 3.00 bits per heavy atom. The summed E-state index contributed by atoms with van der Waals surface area (Å²) in [5.41, 5.74) is 1.12. The molecule has 1 aromatic rings. The molecule has 0 aliphatic heterocycles. The zero-order valence-electron chi connectivity index (χ0n) is 7.23. The van der Waals surface area contributed by atoms with Crippen molar-refractivity contribution in [3.63, 3.8) is 0 Å². The summed E-state index contributed by atoms with van der Waals surface area (Å²) in [6.07, 6.45) is 1.89. The minimum atomic E-state index is 0.311. The van der Waals surface area contributed by atoms with Crippen LogP contribution >= 0.6 is 11.8 Å². The van der Waals surface area contributed by atoms with Crippen molar-refractivity contribution in [2.45, 2.75) is 12.8 Å². The largest absolute Gasteiger partial charge is 0.508 e. The lowest BCUT2D eigenvalue weighted by Crippen LogP contribution is -1.86. The van der Waals surface area contributed by atoms with Crippen LogP contribution < -0.4 is 0 Å². The monoisotopic (exact) mass is 193 g/mol. The van der Waals surface area contributed by atoms with Gasteiger partial charge in [0.15, 0.2) is 0 Å². The molecule has 0 atom stereocenters. The van der Waals surface area contributed by atoms with Crippen LogP contribution in [-0.4, -0.2) is 10.9 Å². The van der Waals surface area contributed by atoms with Crippen LogP contribution in [-0.2, 0) is 6.42 Å². The van der Waals surface area contributed by atoms with Crippen molar-refractivity contribution in [1.29, 1.82) is 5.26 Å². The molecule has 0 radical (unpaired) electrons. The van der Waals surface area contributed by atoms with E-state index in [2.05, 4.69) is 0 Å². The number of hydrogen-bond donors (Lipinski definition) is 1. The number of nitrogens with zero attached hydrogens (tertiary/aromatic N) is 1. The average molecular weight is 193 g/mol. The first kappa shape index (κ1) is 9.94. The summed E-state index contributed by atoms with van der Waals surface area (Å²) < 4.78 is 0. The molecule has 1 N–H and O–H groups in total. The second-order valence-electron chi connectivity index (χ2n) is 2.71. The van der Waals surface area contributed by atoms with Crippen molar-refractivity contribution in [3.05, 3.63) is 29.8 Å². The minimum absolute atomic E-state index is 0.311. The van der Waals surface area contributed by atoms with Gasteiger partial charge < -0.3 is 5.11 Å². The van der Waals surface area contributed by atoms with Gasteiger partial charge in [0, 0.05) is 5.75 Å².